The minimum Gasteiger partial charge on any atom is -0.389 e. The molecule has 0 fully saturated rings. The molecule has 0 aliphatic rings. The van der Waals surface area contributed by atoms with Crippen LogP contribution in [0.4, 0.5) is 5.69 Å². The van der Waals surface area contributed by atoms with Crippen molar-refractivity contribution in [1.29, 1.82) is 0 Å². The second-order valence-electron chi connectivity index (χ2n) is 5.83. The molecule has 1 aromatic carbocycles. The van der Waals surface area contributed by atoms with Gasteiger partial charge in [-0.25, -0.2) is 0 Å². The van der Waals surface area contributed by atoms with E-state index >= 15 is 0 Å². The van der Waals surface area contributed by atoms with Gasteiger partial charge in [-0.1, -0.05) is 19.3 Å². The predicted molar refractivity (Wildman–Crippen MR) is 89.5 cm³/mol. The molecular formula is C18H27NO3. The molecule has 122 valence electrons. The van der Waals surface area contributed by atoms with Crippen molar-refractivity contribution in [3.05, 3.63) is 29.8 Å². The zero-order valence-electron chi connectivity index (χ0n) is 13.7. The number of hydrogen-bond donors (Lipinski definition) is 1. The van der Waals surface area contributed by atoms with Crippen LogP contribution in [0.3, 0.4) is 0 Å². The molecule has 0 unspecified atom stereocenters. The Kier molecular flexibility index (Phi) is 8.44. The molecule has 0 spiro atoms. The molecule has 0 amide bonds. The van der Waals surface area contributed by atoms with Gasteiger partial charge in [-0.3, -0.25) is 9.59 Å². The Hall–Kier alpha value is -1.68. The summed E-state index contributed by atoms with van der Waals surface area (Å²) < 4.78 is 0. The van der Waals surface area contributed by atoms with E-state index in [1.807, 2.05) is 43.3 Å². The first-order chi connectivity index (χ1) is 10.5. The quantitative estimate of drug-likeness (QED) is 0.504. The van der Waals surface area contributed by atoms with E-state index in [4.69, 9.17) is 5.11 Å². The second-order valence-corrected chi connectivity index (χ2v) is 5.83. The highest BCUT2D eigenvalue weighted by Gasteiger charge is 2.06. The molecule has 4 nitrogen and oxygen atoms in total. The van der Waals surface area contributed by atoms with Gasteiger partial charge in [0.1, 0.15) is 6.61 Å². The zero-order chi connectivity index (χ0) is 16.4. The van der Waals surface area contributed by atoms with Gasteiger partial charge in [0.25, 0.3) is 0 Å². The third kappa shape index (κ3) is 6.85. The van der Waals surface area contributed by atoms with E-state index in [0.717, 1.165) is 43.4 Å². The smallest absolute Gasteiger partial charge is 0.162 e. The molecule has 1 N–H and O–H groups in total. The largest absolute Gasteiger partial charge is 0.389 e. The molecule has 0 atom stereocenters. The lowest BCUT2D eigenvalue weighted by atomic mass is 10.0. The lowest BCUT2D eigenvalue weighted by Gasteiger charge is -2.12. The maximum absolute atomic E-state index is 12.1. The van der Waals surface area contributed by atoms with Gasteiger partial charge in [-0.2, -0.15) is 0 Å². The van der Waals surface area contributed by atoms with E-state index in [1.165, 1.54) is 0 Å². The van der Waals surface area contributed by atoms with Crippen molar-refractivity contribution in [2.24, 2.45) is 0 Å². The lowest BCUT2D eigenvalue weighted by Crippen LogP contribution is -2.08. The number of Topliss-reactive ketones (excluding diaryl/α,β-unsaturated/α-hetero) is 2. The highest BCUT2D eigenvalue weighted by atomic mass is 16.3. The maximum atomic E-state index is 12.1. The number of aliphatic hydroxyl groups is 1. The van der Waals surface area contributed by atoms with E-state index in [-0.39, 0.29) is 18.2 Å². The van der Waals surface area contributed by atoms with Crippen molar-refractivity contribution < 1.29 is 14.7 Å². The summed E-state index contributed by atoms with van der Waals surface area (Å²) >= 11 is 0. The molecule has 0 saturated carbocycles. The van der Waals surface area contributed by atoms with Crippen LogP contribution in [0, 0.1) is 0 Å². The minimum atomic E-state index is -0.346. The molecule has 0 saturated heterocycles. The predicted octanol–water partition coefficient (Wildman–Crippen LogP) is 3.23. The van der Waals surface area contributed by atoms with Gasteiger partial charge in [0.2, 0.25) is 0 Å². The SMILES string of the molecule is CN(C)c1ccc(C(=O)CCCCCCCC(=O)CO)cc1. The van der Waals surface area contributed by atoms with Crippen LogP contribution in [0.15, 0.2) is 24.3 Å². The number of carbonyl (C=O) groups excluding carboxylic acids is 2. The molecule has 22 heavy (non-hydrogen) atoms. The summed E-state index contributed by atoms with van der Waals surface area (Å²) in [5.41, 5.74) is 1.87. The van der Waals surface area contributed by atoms with E-state index in [2.05, 4.69) is 0 Å². The number of aliphatic hydroxyl groups excluding tert-OH is 1. The van der Waals surface area contributed by atoms with Crippen LogP contribution in [-0.2, 0) is 4.79 Å². The number of ketones is 2. The van der Waals surface area contributed by atoms with Crippen molar-refractivity contribution in [3.8, 4) is 0 Å². The molecule has 1 aromatic rings. The Morgan fingerprint density at radius 1 is 0.909 bits per heavy atom. The Morgan fingerprint density at radius 3 is 2.00 bits per heavy atom. The van der Waals surface area contributed by atoms with Crippen LogP contribution in [0.5, 0.6) is 0 Å². The van der Waals surface area contributed by atoms with Gasteiger partial charge in [-0.15, -0.1) is 0 Å². The fraction of sp³-hybridized carbons (Fsp3) is 0.556. The van der Waals surface area contributed by atoms with Crippen LogP contribution in [0.2, 0.25) is 0 Å². The van der Waals surface area contributed by atoms with Gasteiger partial charge in [-0.05, 0) is 37.1 Å². The van der Waals surface area contributed by atoms with Crippen LogP contribution < -0.4 is 4.90 Å². The summed E-state index contributed by atoms with van der Waals surface area (Å²) in [6.07, 6.45) is 5.80. The summed E-state index contributed by atoms with van der Waals surface area (Å²) in [5.74, 6) is 0.108. The van der Waals surface area contributed by atoms with Crippen LogP contribution in [0.25, 0.3) is 0 Å². The normalized spacial score (nSPS) is 10.5. The molecule has 0 bridgehead atoms. The van der Waals surface area contributed by atoms with E-state index in [1.54, 1.807) is 0 Å². The minimum absolute atomic E-state index is 0.0867. The highest BCUT2D eigenvalue weighted by Crippen LogP contribution is 2.15. The first-order valence-electron chi connectivity index (χ1n) is 7.97. The Labute approximate surface area is 133 Å². The monoisotopic (exact) mass is 305 g/mol. The van der Waals surface area contributed by atoms with Gasteiger partial charge in [0, 0.05) is 38.2 Å². The van der Waals surface area contributed by atoms with E-state index in [0.29, 0.717) is 12.8 Å². The number of unbranched alkanes of at least 4 members (excludes halogenated alkanes) is 4. The molecule has 0 aliphatic heterocycles. The van der Waals surface area contributed by atoms with Crippen molar-refractivity contribution in [3.63, 3.8) is 0 Å². The lowest BCUT2D eigenvalue weighted by molar-refractivity contribution is -0.121. The van der Waals surface area contributed by atoms with Crippen molar-refractivity contribution >= 4 is 17.3 Å². The summed E-state index contributed by atoms with van der Waals surface area (Å²) in [5, 5.41) is 8.60. The maximum Gasteiger partial charge on any atom is 0.162 e. The zero-order valence-corrected chi connectivity index (χ0v) is 13.7. The van der Waals surface area contributed by atoms with Gasteiger partial charge >= 0.3 is 0 Å². The molecule has 1 rings (SSSR count). The number of hydrogen-bond acceptors (Lipinski definition) is 4. The molecule has 0 radical (unpaired) electrons. The Morgan fingerprint density at radius 2 is 1.45 bits per heavy atom. The van der Waals surface area contributed by atoms with Gasteiger partial charge in [0.05, 0.1) is 0 Å². The van der Waals surface area contributed by atoms with Gasteiger partial charge in [0.15, 0.2) is 11.6 Å². The number of nitrogens with zero attached hydrogens (tertiary/aromatic N) is 1. The number of rotatable bonds is 11. The summed E-state index contributed by atoms with van der Waals surface area (Å²) in [7, 11) is 3.95. The molecule has 0 aliphatic carbocycles. The number of carbonyl (C=O) groups is 2. The molecular weight excluding hydrogens is 278 g/mol. The highest BCUT2D eigenvalue weighted by molar-refractivity contribution is 5.96. The van der Waals surface area contributed by atoms with Crippen molar-refractivity contribution in [1.82, 2.24) is 0 Å². The van der Waals surface area contributed by atoms with E-state index in [9.17, 15) is 9.59 Å². The second kappa shape index (κ2) is 10.1. The average Bonchev–Trinajstić information content (AvgIpc) is 2.53. The first-order valence-corrected chi connectivity index (χ1v) is 7.97. The van der Waals surface area contributed by atoms with Gasteiger partial charge < -0.3 is 10.0 Å². The third-order valence-corrected chi connectivity index (χ3v) is 3.74. The number of anilines is 1. The van der Waals surface area contributed by atoms with Crippen LogP contribution in [0.1, 0.15) is 55.3 Å². The standard InChI is InChI=1S/C18H27NO3/c1-19(2)16-12-10-15(11-13-16)18(22)9-7-5-3-4-6-8-17(21)14-20/h10-13,20H,3-9,14H2,1-2H3. The fourth-order valence-corrected chi connectivity index (χ4v) is 2.31. The average molecular weight is 305 g/mol. The molecule has 4 heteroatoms. The fourth-order valence-electron chi connectivity index (χ4n) is 2.31. The van der Waals surface area contributed by atoms with Crippen LogP contribution in [-0.4, -0.2) is 37.4 Å². The summed E-state index contributed by atoms with van der Waals surface area (Å²) in [6, 6.07) is 7.70. The molecule has 0 heterocycles. The van der Waals surface area contributed by atoms with Crippen LogP contribution >= 0.6 is 0 Å². The molecule has 0 aromatic heterocycles. The third-order valence-electron chi connectivity index (χ3n) is 3.74. The topological polar surface area (TPSA) is 57.6 Å². The summed E-state index contributed by atoms with van der Waals surface area (Å²) in [4.78, 5) is 25.0. The first kappa shape index (κ1) is 18.4. The van der Waals surface area contributed by atoms with E-state index < -0.39 is 0 Å². The van der Waals surface area contributed by atoms with Crippen molar-refractivity contribution in [2.75, 3.05) is 25.6 Å². The van der Waals surface area contributed by atoms with Crippen molar-refractivity contribution in [2.45, 2.75) is 44.9 Å². The Balaban J connectivity index is 2.16. The Bertz CT molecular complexity index is 466. The number of benzene rings is 1. The summed E-state index contributed by atoms with van der Waals surface area (Å²) in [6.45, 7) is -0.346.